The topological polar surface area (TPSA) is 71.1 Å². The van der Waals surface area contributed by atoms with E-state index in [1.807, 2.05) is 12.1 Å². The highest BCUT2D eigenvalue weighted by molar-refractivity contribution is 6.02. The van der Waals surface area contributed by atoms with Crippen LogP contribution in [-0.4, -0.2) is 16.8 Å². The SMILES string of the molecule is CC12CC3CC(C1)CC(C(=O)Nc1cccnc1NC(=O)C14CC5CC(CC(C)(C5)C1)C4)(C3)C2. The fraction of sp³-hybridized carbons (Fsp3) is 0.759. The lowest BCUT2D eigenvalue weighted by molar-refractivity contribution is -0.150. The molecule has 4 atom stereocenters. The number of anilines is 2. The first-order chi connectivity index (χ1) is 16.2. The van der Waals surface area contributed by atoms with Crippen molar-refractivity contribution in [2.24, 2.45) is 45.3 Å². The highest BCUT2D eigenvalue weighted by Crippen LogP contribution is 2.66. The molecule has 5 heteroatoms. The molecule has 8 bridgehead atoms. The summed E-state index contributed by atoms with van der Waals surface area (Å²) in [5.74, 6) is 3.58. The number of hydrogen-bond donors (Lipinski definition) is 2. The van der Waals surface area contributed by atoms with Crippen molar-refractivity contribution in [3.05, 3.63) is 18.3 Å². The number of amides is 2. The number of carbonyl (C=O) groups excluding carboxylic acids is 2. The van der Waals surface area contributed by atoms with Crippen molar-refractivity contribution in [2.45, 2.75) is 90.9 Å². The number of rotatable bonds is 4. The Morgan fingerprint density at radius 2 is 1.24 bits per heavy atom. The van der Waals surface area contributed by atoms with Crippen LogP contribution in [0.15, 0.2) is 18.3 Å². The number of pyridine rings is 1. The Kier molecular flexibility index (Phi) is 4.31. The molecule has 8 fully saturated rings. The zero-order valence-electron chi connectivity index (χ0n) is 20.8. The Balaban J connectivity index is 1.12. The first kappa shape index (κ1) is 21.4. The highest BCUT2D eigenvalue weighted by atomic mass is 16.2. The lowest BCUT2D eigenvalue weighted by Crippen LogP contribution is -2.55. The molecule has 0 aliphatic heterocycles. The van der Waals surface area contributed by atoms with Crippen LogP contribution in [0.2, 0.25) is 0 Å². The lowest BCUT2D eigenvalue weighted by atomic mass is 9.44. The van der Waals surface area contributed by atoms with Gasteiger partial charge in [0, 0.05) is 6.20 Å². The van der Waals surface area contributed by atoms with Gasteiger partial charge in [0.1, 0.15) is 0 Å². The standard InChI is InChI=1S/C29H39N3O2/c1-26-8-18-6-19(9-26)13-28(12-18,16-26)24(33)31-22-4-3-5-30-23(22)32-25(34)29-14-20-7-21(15-29)11-27(2,10-20)17-29/h3-5,18-21H,6-17H2,1-2H3,(H,31,33)(H,30,32,34). The smallest absolute Gasteiger partial charge is 0.231 e. The Morgan fingerprint density at radius 1 is 0.765 bits per heavy atom. The van der Waals surface area contributed by atoms with E-state index in [4.69, 9.17) is 0 Å². The van der Waals surface area contributed by atoms with Crippen LogP contribution in [0.4, 0.5) is 11.5 Å². The largest absolute Gasteiger partial charge is 0.322 e. The molecule has 8 saturated carbocycles. The number of nitrogens with one attached hydrogen (secondary N) is 2. The Morgan fingerprint density at radius 3 is 1.71 bits per heavy atom. The monoisotopic (exact) mass is 461 g/mol. The Hall–Kier alpha value is -1.91. The first-order valence-corrected chi connectivity index (χ1v) is 13.7. The summed E-state index contributed by atoms with van der Waals surface area (Å²) in [6.07, 6.45) is 15.6. The van der Waals surface area contributed by atoms with Gasteiger partial charge in [-0.2, -0.15) is 0 Å². The van der Waals surface area contributed by atoms with E-state index in [0.717, 1.165) is 38.5 Å². The van der Waals surface area contributed by atoms with Gasteiger partial charge >= 0.3 is 0 Å². The summed E-state index contributed by atoms with van der Waals surface area (Å²) in [5.41, 5.74) is 0.799. The summed E-state index contributed by atoms with van der Waals surface area (Å²) in [5, 5.41) is 6.46. The molecule has 0 saturated heterocycles. The third-order valence-electron chi connectivity index (χ3n) is 11.0. The van der Waals surface area contributed by atoms with E-state index in [1.165, 1.54) is 38.5 Å². The van der Waals surface area contributed by atoms with Crippen LogP contribution in [-0.2, 0) is 9.59 Å². The van der Waals surface area contributed by atoms with E-state index in [0.29, 0.717) is 46.0 Å². The van der Waals surface area contributed by atoms with Gasteiger partial charge in [-0.1, -0.05) is 13.8 Å². The number of hydrogen-bond acceptors (Lipinski definition) is 3. The minimum Gasteiger partial charge on any atom is -0.322 e. The molecule has 2 amide bonds. The Bertz CT molecular complexity index is 952. The minimum absolute atomic E-state index is 0.129. The molecule has 5 nitrogen and oxygen atoms in total. The molecule has 0 radical (unpaired) electrons. The normalized spacial score (nSPS) is 47.6. The van der Waals surface area contributed by atoms with Gasteiger partial charge < -0.3 is 10.6 Å². The van der Waals surface area contributed by atoms with Gasteiger partial charge in [0.05, 0.1) is 16.5 Å². The van der Waals surface area contributed by atoms with Crippen molar-refractivity contribution in [1.29, 1.82) is 0 Å². The van der Waals surface area contributed by atoms with Crippen LogP contribution in [0.25, 0.3) is 0 Å². The van der Waals surface area contributed by atoms with Crippen molar-refractivity contribution in [3.63, 3.8) is 0 Å². The zero-order chi connectivity index (χ0) is 23.3. The summed E-state index contributed by atoms with van der Waals surface area (Å²) in [6, 6.07) is 3.77. The third kappa shape index (κ3) is 3.21. The lowest BCUT2D eigenvalue weighted by Gasteiger charge is -2.60. The molecule has 182 valence electrons. The zero-order valence-corrected chi connectivity index (χ0v) is 20.8. The quantitative estimate of drug-likeness (QED) is 0.563. The summed E-state index contributed by atoms with van der Waals surface area (Å²) >= 11 is 0. The molecule has 0 aromatic carbocycles. The molecule has 2 N–H and O–H groups in total. The minimum atomic E-state index is -0.258. The van der Waals surface area contributed by atoms with Crippen molar-refractivity contribution >= 4 is 23.3 Å². The van der Waals surface area contributed by atoms with E-state index in [9.17, 15) is 9.59 Å². The van der Waals surface area contributed by atoms with Crippen molar-refractivity contribution in [3.8, 4) is 0 Å². The maximum Gasteiger partial charge on any atom is 0.231 e. The Labute approximate surface area is 203 Å². The molecule has 9 rings (SSSR count). The van der Waals surface area contributed by atoms with Gasteiger partial charge in [-0.05, 0) is 124 Å². The number of aromatic nitrogens is 1. The maximum atomic E-state index is 13.8. The fourth-order valence-corrected chi connectivity index (χ4v) is 11.1. The average Bonchev–Trinajstić information content (AvgIpc) is 2.71. The number of nitrogens with zero attached hydrogens (tertiary/aromatic N) is 1. The predicted molar refractivity (Wildman–Crippen MR) is 132 cm³/mol. The first-order valence-electron chi connectivity index (χ1n) is 13.7. The van der Waals surface area contributed by atoms with Crippen LogP contribution in [0.5, 0.6) is 0 Å². The van der Waals surface area contributed by atoms with E-state index < -0.39 is 0 Å². The second kappa shape index (κ2) is 6.85. The molecule has 8 aliphatic rings. The summed E-state index contributed by atoms with van der Waals surface area (Å²) in [7, 11) is 0. The molecule has 0 spiro atoms. The van der Waals surface area contributed by atoms with Crippen molar-refractivity contribution in [2.75, 3.05) is 10.6 Å². The summed E-state index contributed by atoms with van der Waals surface area (Å²) < 4.78 is 0. The van der Waals surface area contributed by atoms with Crippen LogP contribution < -0.4 is 10.6 Å². The molecule has 1 aromatic rings. The average molecular weight is 462 g/mol. The highest BCUT2D eigenvalue weighted by Gasteiger charge is 2.60. The number of carbonyl (C=O) groups is 2. The molecular formula is C29H39N3O2. The molecular weight excluding hydrogens is 422 g/mol. The summed E-state index contributed by atoms with van der Waals surface area (Å²) in [6.45, 7) is 4.79. The third-order valence-corrected chi connectivity index (χ3v) is 11.0. The van der Waals surface area contributed by atoms with Gasteiger partial charge in [-0.15, -0.1) is 0 Å². The fourth-order valence-electron chi connectivity index (χ4n) is 11.1. The van der Waals surface area contributed by atoms with Gasteiger partial charge in [-0.3, -0.25) is 9.59 Å². The van der Waals surface area contributed by atoms with E-state index in [2.05, 4.69) is 29.5 Å². The van der Waals surface area contributed by atoms with Gasteiger partial charge in [0.25, 0.3) is 0 Å². The van der Waals surface area contributed by atoms with E-state index in [-0.39, 0.29) is 22.6 Å². The molecule has 8 aliphatic carbocycles. The second-order valence-corrected chi connectivity index (χ2v) is 14.4. The molecule has 1 heterocycles. The van der Waals surface area contributed by atoms with Gasteiger partial charge in [0.2, 0.25) is 11.8 Å². The van der Waals surface area contributed by atoms with Gasteiger partial charge in [0.15, 0.2) is 5.82 Å². The van der Waals surface area contributed by atoms with E-state index in [1.54, 1.807) is 6.20 Å². The van der Waals surface area contributed by atoms with Crippen molar-refractivity contribution in [1.82, 2.24) is 4.98 Å². The molecule has 4 unspecified atom stereocenters. The van der Waals surface area contributed by atoms with Crippen LogP contribution in [0.3, 0.4) is 0 Å². The summed E-state index contributed by atoms with van der Waals surface area (Å²) in [4.78, 5) is 32.0. The molecule has 34 heavy (non-hydrogen) atoms. The predicted octanol–water partition coefficient (Wildman–Crippen LogP) is 6.17. The van der Waals surface area contributed by atoms with Crippen LogP contribution in [0.1, 0.15) is 90.9 Å². The van der Waals surface area contributed by atoms with E-state index >= 15 is 0 Å². The second-order valence-electron chi connectivity index (χ2n) is 14.4. The van der Waals surface area contributed by atoms with Crippen LogP contribution in [0, 0.1) is 45.3 Å². The molecule has 1 aromatic heterocycles. The van der Waals surface area contributed by atoms with Crippen molar-refractivity contribution < 1.29 is 9.59 Å². The van der Waals surface area contributed by atoms with Crippen LogP contribution >= 0.6 is 0 Å². The maximum absolute atomic E-state index is 13.8. The van der Waals surface area contributed by atoms with Gasteiger partial charge in [-0.25, -0.2) is 4.98 Å².